The second kappa shape index (κ2) is 20.2. The number of unbranched alkanes of at least 4 members (excludes halogenated alkanes) is 5. The Labute approximate surface area is 335 Å². The molecule has 13 heteroatoms. The number of rotatable bonds is 17. The lowest BCUT2D eigenvalue weighted by molar-refractivity contribution is -0.137. The molecule has 2 fully saturated rings. The summed E-state index contributed by atoms with van der Waals surface area (Å²) in [5, 5.41) is 27.5. The number of aromatic nitrogens is 2. The third-order valence-corrected chi connectivity index (χ3v) is 11.8. The Morgan fingerprint density at radius 1 is 0.825 bits per heavy atom. The molecular formula is C44H57N7O6. The highest BCUT2D eigenvalue weighted by atomic mass is 16.3. The van der Waals surface area contributed by atoms with Gasteiger partial charge in [-0.25, -0.2) is 0 Å². The molecule has 2 saturated heterocycles. The predicted molar refractivity (Wildman–Crippen MR) is 220 cm³/mol. The average molecular weight is 780 g/mol. The fraction of sp³-hybridized carbons (Fsp3) is 0.523. The van der Waals surface area contributed by atoms with Gasteiger partial charge in [0, 0.05) is 74.1 Å². The van der Waals surface area contributed by atoms with Gasteiger partial charge in [0.2, 0.25) is 17.7 Å². The highest BCUT2D eigenvalue weighted by Crippen LogP contribution is 2.37. The smallest absolute Gasteiger partial charge is 0.230 e. The number of nitrogens with zero attached hydrogens (tertiary/aromatic N) is 3. The van der Waals surface area contributed by atoms with Crippen LogP contribution in [0.15, 0.2) is 48.5 Å². The van der Waals surface area contributed by atoms with Gasteiger partial charge in [-0.2, -0.15) is 0 Å². The summed E-state index contributed by atoms with van der Waals surface area (Å²) < 4.78 is 0. The van der Waals surface area contributed by atoms with Crippen molar-refractivity contribution in [1.29, 1.82) is 0 Å². The summed E-state index contributed by atoms with van der Waals surface area (Å²) in [4.78, 5) is 65.8. The number of aromatic hydroxyl groups is 1. The van der Waals surface area contributed by atoms with Gasteiger partial charge in [-0.15, -0.1) is 10.2 Å². The van der Waals surface area contributed by atoms with Gasteiger partial charge in [0.05, 0.1) is 16.9 Å². The molecular weight excluding hydrogens is 723 g/mol. The molecule has 3 aromatic rings. The first-order valence-electron chi connectivity index (χ1n) is 20.9. The molecule has 6 rings (SSSR count). The summed E-state index contributed by atoms with van der Waals surface area (Å²) in [7, 11) is 0. The zero-order valence-electron chi connectivity index (χ0n) is 32.9. The van der Waals surface area contributed by atoms with Crippen molar-refractivity contribution in [2.45, 2.75) is 103 Å². The number of nitrogens with two attached hydrogens (primary N) is 1. The highest BCUT2D eigenvalue weighted by Gasteiger charge is 2.41. The van der Waals surface area contributed by atoms with Crippen LogP contribution in [0.4, 0.5) is 17.2 Å². The van der Waals surface area contributed by atoms with Crippen molar-refractivity contribution in [3.8, 4) is 17.0 Å². The van der Waals surface area contributed by atoms with Crippen LogP contribution in [0, 0.1) is 17.8 Å². The number of carbonyl (C=O) groups is 5. The van der Waals surface area contributed by atoms with Crippen molar-refractivity contribution in [3.05, 3.63) is 59.7 Å². The first-order chi connectivity index (χ1) is 27.7. The Morgan fingerprint density at radius 2 is 1.60 bits per heavy atom. The van der Waals surface area contributed by atoms with Gasteiger partial charge in [-0.05, 0) is 88.0 Å². The molecule has 304 valence electrons. The Kier molecular flexibility index (Phi) is 14.6. The molecule has 3 atom stereocenters. The van der Waals surface area contributed by atoms with Gasteiger partial charge in [0.15, 0.2) is 17.4 Å². The summed E-state index contributed by atoms with van der Waals surface area (Å²) >= 11 is 0. The lowest BCUT2D eigenvalue weighted by Crippen LogP contribution is -2.45. The van der Waals surface area contributed by atoms with E-state index in [1.165, 1.54) is 0 Å². The van der Waals surface area contributed by atoms with Crippen LogP contribution in [0.5, 0.6) is 5.75 Å². The lowest BCUT2D eigenvalue weighted by Gasteiger charge is -2.27. The molecule has 3 aliphatic rings. The van der Waals surface area contributed by atoms with Crippen LogP contribution in [-0.2, 0) is 14.4 Å². The Morgan fingerprint density at radius 3 is 2.42 bits per heavy atom. The fourth-order valence-corrected chi connectivity index (χ4v) is 8.62. The van der Waals surface area contributed by atoms with Crippen molar-refractivity contribution < 1.29 is 29.1 Å². The minimum atomic E-state index is -0.626. The number of ketones is 2. The van der Waals surface area contributed by atoms with E-state index >= 15 is 0 Å². The Balaban J connectivity index is 0.827. The standard InChI is InChI=1S/C44H57N7O6/c45-43-36(28-35(49-50-43)32-14-6-7-17-37(32)52)51-26-11-13-29(23-27-51)12-10-25-47-39(54)18-5-3-1-2-4-8-24-46-34-16-9-15-33-38(53)21-19-30(42(56)41(33)34)31-20-22-40(55)48-44(31)57/h6-7,9,14-17,28-31,46,52H,1-5,8,10-13,18-27H2,(H2,45,50)(H,47,54)(H,48,55,57). The van der Waals surface area contributed by atoms with Crippen LogP contribution >= 0.6 is 0 Å². The van der Waals surface area contributed by atoms with E-state index in [-0.39, 0.29) is 42.0 Å². The first-order valence-corrected chi connectivity index (χ1v) is 20.9. The van der Waals surface area contributed by atoms with E-state index in [9.17, 15) is 29.1 Å². The summed E-state index contributed by atoms with van der Waals surface area (Å²) in [5.41, 5.74) is 9.73. The molecule has 3 heterocycles. The van der Waals surface area contributed by atoms with Gasteiger partial charge in [0.25, 0.3) is 0 Å². The predicted octanol–water partition coefficient (Wildman–Crippen LogP) is 6.61. The van der Waals surface area contributed by atoms with E-state index in [4.69, 9.17) is 5.73 Å². The van der Waals surface area contributed by atoms with Gasteiger partial charge < -0.3 is 26.4 Å². The van der Waals surface area contributed by atoms with E-state index in [1.807, 2.05) is 24.3 Å². The topological polar surface area (TPSA) is 197 Å². The van der Waals surface area contributed by atoms with Gasteiger partial charge >= 0.3 is 0 Å². The van der Waals surface area contributed by atoms with Gasteiger partial charge in [-0.1, -0.05) is 49.9 Å². The number of hydrogen-bond donors (Lipinski definition) is 5. The summed E-state index contributed by atoms with van der Waals surface area (Å²) in [6.45, 7) is 3.10. The molecule has 6 N–H and O–H groups in total. The van der Waals surface area contributed by atoms with E-state index in [2.05, 4.69) is 31.0 Å². The second-order valence-electron chi connectivity index (χ2n) is 15.8. The number of anilines is 3. The van der Waals surface area contributed by atoms with Crippen LogP contribution in [0.25, 0.3) is 11.3 Å². The Hall–Kier alpha value is -5.33. The molecule has 2 aromatic carbocycles. The number of benzene rings is 2. The molecule has 57 heavy (non-hydrogen) atoms. The maximum Gasteiger partial charge on any atom is 0.230 e. The Bertz CT molecular complexity index is 1920. The maximum atomic E-state index is 13.8. The van der Waals surface area contributed by atoms with E-state index < -0.39 is 17.7 Å². The molecule has 13 nitrogen and oxygen atoms in total. The zero-order chi connectivity index (χ0) is 40.1. The maximum absolute atomic E-state index is 13.8. The number of phenols is 1. The second-order valence-corrected chi connectivity index (χ2v) is 15.8. The molecule has 1 aromatic heterocycles. The van der Waals surface area contributed by atoms with E-state index in [0.29, 0.717) is 72.2 Å². The number of fused-ring (bicyclic) bond motifs is 1. The summed E-state index contributed by atoms with van der Waals surface area (Å²) in [6, 6.07) is 14.3. The van der Waals surface area contributed by atoms with E-state index in [1.54, 1.807) is 24.3 Å². The van der Waals surface area contributed by atoms with Crippen LogP contribution < -0.4 is 26.6 Å². The monoisotopic (exact) mass is 779 g/mol. The first kappa shape index (κ1) is 41.3. The van der Waals surface area contributed by atoms with Crippen molar-refractivity contribution in [1.82, 2.24) is 20.8 Å². The fourth-order valence-electron chi connectivity index (χ4n) is 8.62. The normalized spacial score (nSPS) is 20.0. The number of hydrogen-bond acceptors (Lipinski definition) is 11. The number of phenolic OH excluding ortho intramolecular Hbond substituents is 1. The van der Waals surface area contributed by atoms with Crippen molar-refractivity contribution in [2.24, 2.45) is 17.8 Å². The highest BCUT2D eigenvalue weighted by molar-refractivity contribution is 6.15. The minimum Gasteiger partial charge on any atom is -0.507 e. The molecule has 0 radical (unpaired) electrons. The van der Waals surface area contributed by atoms with Gasteiger partial charge in [-0.3, -0.25) is 29.3 Å². The van der Waals surface area contributed by atoms with Crippen LogP contribution in [0.1, 0.15) is 123 Å². The third kappa shape index (κ3) is 11.0. The number of para-hydroxylation sites is 1. The summed E-state index contributed by atoms with van der Waals surface area (Å²) in [6.07, 6.45) is 12.7. The molecule has 0 bridgehead atoms. The van der Waals surface area contributed by atoms with Crippen molar-refractivity contribution in [2.75, 3.05) is 42.1 Å². The van der Waals surface area contributed by atoms with Gasteiger partial charge in [0.1, 0.15) is 5.75 Å². The zero-order valence-corrected chi connectivity index (χ0v) is 32.9. The number of carbonyl (C=O) groups excluding carboxylic acids is 5. The number of imide groups is 1. The SMILES string of the molecule is Nc1nnc(-c2ccccc2O)cc1N1CCCC(CCCNC(=O)CCCCCCCCNc2cccc3c2C(=O)C(C2CCC(=O)NC2=O)CCC3=O)CC1. The van der Waals surface area contributed by atoms with Crippen LogP contribution in [0.2, 0.25) is 0 Å². The van der Waals surface area contributed by atoms with Crippen LogP contribution in [-0.4, -0.2) is 70.8 Å². The average Bonchev–Trinajstić information content (AvgIpc) is 3.51. The van der Waals surface area contributed by atoms with E-state index in [0.717, 1.165) is 89.4 Å². The minimum absolute atomic E-state index is 0.0951. The third-order valence-electron chi connectivity index (χ3n) is 11.8. The molecule has 2 aliphatic heterocycles. The number of Topliss-reactive ketones (excluding diaryl/α,β-unsaturated/α-hetero) is 2. The molecule has 0 saturated carbocycles. The number of nitrogen functional groups attached to an aromatic ring is 1. The number of amides is 3. The largest absolute Gasteiger partial charge is 0.507 e. The van der Waals surface area contributed by atoms with Crippen molar-refractivity contribution >= 4 is 46.5 Å². The number of piperidine rings is 1. The van der Waals surface area contributed by atoms with Crippen molar-refractivity contribution in [3.63, 3.8) is 0 Å². The molecule has 1 aliphatic carbocycles. The lowest BCUT2D eigenvalue weighted by atomic mass is 9.79. The molecule has 3 amide bonds. The summed E-state index contributed by atoms with van der Waals surface area (Å²) in [5.74, 6) is -1.01. The molecule has 0 spiro atoms. The van der Waals surface area contributed by atoms with Crippen LogP contribution in [0.3, 0.4) is 0 Å². The molecule has 3 unspecified atom stereocenters. The number of nitrogens with one attached hydrogen (secondary N) is 3. The quantitative estimate of drug-likeness (QED) is 0.0562.